The summed E-state index contributed by atoms with van der Waals surface area (Å²) in [6.45, 7) is 10.5. The predicted octanol–water partition coefficient (Wildman–Crippen LogP) is 2.21. The van der Waals surface area contributed by atoms with E-state index >= 15 is 0 Å². The van der Waals surface area contributed by atoms with E-state index in [0.717, 1.165) is 42.7 Å². The van der Waals surface area contributed by atoms with Crippen molar-refractivity contribution in [1.82, 2.24) is 14.8 Å². The quantitative estimate of drug-likeness (QED) is 0.517. The fraction of sp³-hybridized carbons (Fsp3) is 0.526. The molecule has 0 bridgehead atoms. The number of nitro benzene ring substituents is 1. The molecule has 1 aliphatic rings. The Morgan fingerprint density at radius 1 is 1.23 bits per heavy atom. The number of anilines is 1. The van der Waals surface area contributed by atoms with Gasteiger partial charge in [0.15, 0.2) is 0 Å². The maximum atomic E-state index is 12.4. The maximum Gasteiger partial charge on any atom is 0.293 e. The molecule has 1 saturated heterocycles. The van der Waals surface area contributed by atoms with Crippen LogP contribution in [0.3, 0.4) is 0 Å². The summed E-state index contributed by atoms with van der Waals surface area (Å²) < 4.78 is 32.4. The van der Waals surface area contributed by atoms with Gasteiger partial charge in [-0.15, -0.1) is 0 Å². The summed E-state index contributed by atoms with van der Waals surface area (Å²) in [5.41, 5.74) is 2.17. The molecule has 1 N–H and O–H groups in total. The highest BCUT2D eigenvalue weighted by molar-refractivity contribution is 7.89. The van der Waals surface area contributed by atoms with Crippen LogP contribution < -0.4 is 9.62 Å². The number of hydrogen-bond acceptors (Lipinski definition) is 8. The highest BCUT2D eigenvalue weighted by Gasteiger charge is 2.27. The number of benzene rings is 1. The first kappa shape index (κ1) is 22.2. The van der Waals surface area contributed by atoms with Crippen molar-refractivity contribution in [3.05, 3.63) is 45.3 Å². The summed E-state index contributed by atoms with van der Waals surface area (Å²) >= 11 is 0. The molecule has 1 fully saturated rings. The van der Waals surface area contributed by atoms with Gasteiger partial charge in [0.1, 0.15) is 11.4 Å². The molecule has 0 atom stereocenters. The monoisotopic (exact) mass is 437 g/mol. The molecule has 10 nitrogen and oxygen atoms in total. The van der Waals surface area contributed by atoms with Crippen molar-refractivity contribution in [2.75, 3.05) is 31.1 Å². The number of sulfonamides is 1. The van der Waals surface area contributed by atoms with E-state index in [1.165, 1.54) is 12.1 Å². The van der Waals surface area contributed by atoms with Gasteiger partial charge < -0.3 is 9.42 Å². The lowest BCUT2D eigenvalue weighted by Crippen LogP contribution is -2.46. The van der Waals surface area contributed by atoms with Crippen LogP contribution in [0.2, 0.25) is 0 Å². The molecule has 1 aliphatic heterocycles. The first-order chi connectivity index (χ1) is 14.1. The van der Waals surface area contributed by atoms with Crippen molar-refractivity contribution in [3.63, 3.8) is 0 Å². The van der Waals surface area contributed by atoms with Crippen LogP contribution in [0, 0.1) is 24.0 Å². The Hall–Kier alpha value is -2.50. The number of hydrogen-bond donors (Lipinski definition) is 1. The van der Waals surface area contributed by atoms with Gasteiger partial charge in [0.25, 0.3) is 5.69 Å². The lowest BCUT2D eigenvalue weighted by atomic mass is 10.1. The molecule has 1 aromatic heterocycles. The van der Waals surface area contributed by atoms with Gasteiger partial charge in [-0.2, -0.15) is 0 Å². The molecule has 11 heteroatoms. The summed E-state index contributed by atoms with van der Waals surface area (Å²) in [6.07, 6.45) is 0. The lowest BCUT2D eigenvalue weighted by molar-refractivity contribution is -0.384. The second kappa shape index (κ2) is 8.70. The standard InChI is InChI=1S/C19H27N5O5S/c1-13(2)21-30(27,28)16-5-6-18(19(11-16)24(25)26)23-9-7-22(8-10-23)12-17-14(3)20-29-15(17)4/h5-6,11,13,21H,7-10,12H2,1-4H3. The maximum absolute atomic E-state index is 12.4. The topological polar surface area (TPSA) is 122 Å². The van der Waals surface area contributed by atoms with Crippen LogP contribution in [0.25, 0.3) is 0 Å². The second-order valence-corrected chi connectivity index (χ2v) is 9.46. The molecule has 1 aromatic carbocycles. The fourth-order valence-electron chi connectivity index (χ4n) is 3.56. The van der Waals surface area contributed by atoms with Gasteiger partial charge in [-0.05, 0) is 39.8 Å². The molecule has 3 rings (SSSR count). The SMILES string of the molecule is Cc1noc(C)c1CN1CCN(c2ccc(S(=O)(=O)NC(C)C)cc2[N+](=O)[O-])CC1. The van der Waals surface area contributed by atoms with Crippen LogP contribution in [-0.4, -0.2) is 55.6 Å². The van der Waals surface area contributed by atoms with Crippen molar-refractivity contribution in [1.29, 1.82) is 0 Å². The van der Waals surface area contributed by atoms with Crippen molar-refractivity contribution >= 4 is 21.4 Å². The summed E-state index contributed by atoms with van der Waals surface area (Å²) in [4.78, 5) is 15.2. The zero-order valence-corrected chi connectivity index (χ0v) is 18.4. The minimum Gasteiger partial charge on any atom is -0.363 e. The van der Waals surface area contributed by atoms with Gasteiger partial charge in [-0.3, -0.25) is 15.0 Å². The minimum atomic E-state index is -3.81. The molecular weight excluding hydrogens is 410 g/mol. The number of rotatable bonds is 7. The Labute approximate surface area is 176 Å². The van der Waals surface area contributed by atoms with E-state index in [9.17, 15) is 18.5 Å². The first-order valence-corrected chi connectivity index (χ1v) is 11.3. The van der Waals surface area contributed by atoms with Gasteiger partial charge in [-0.25, -0.2) is 13.1 Å². The minimum absolute atomic E-state index is 0.108. The normalized spacial score (nSPS) is 15.7. The average Bonchev–Trinajstić information content (AvgIpc) is 2.99. The largest absolute Gasteiger partial charge is 0.363 e. The summed E-state index contributed by atoms with van der Waals surface area (Å²) in [7, 11) is -3.81. The number of nitro groups is 1. The summed E-state index contributed by atoms with van der Waals surface area (Å²) in [5.74, 6) is 0.803. The fourth-order valence-corrected chi connectivity index (χ4v) is 4.83. The van der Waals surface area contributed by atoms with Crippen molar-refractivity contribution in [2.24, 2.45) is 0 Å². The van der Waals surface area contributed by atoms with Crippen LogP contribution >= 0.6 is 0 Å². The van der Waals surface area contributed by atoms with Crippen molar-refractivity contribution in [3.8, 4) is 0 Å². The molecule has 0 spiro atoms. The van der Waals surface area contributed by atoms with Crippen LogP contribution in [0.4, 0.5) is 11.4 Å². The molecule has 0 amide bonds. The molecule has 2 aromatic rings. The van der Waals surface area contributed by atoms with Gasteiger partial charge >= 0.3 is 0 Å². The van der Waals surface area contributed by atoms with Gasteiger partial charge in [0.2, 0.25) is 10.0 Å². The molecule has 30 heavy (non-hydrogen) atoms. The lowest BCUT2D eigenvalue weighted by Gasteiger charge is -2.35. The van der Waals surface area contributed by atoms with E-state index in [4.69, 9.17) is 4.52 Å². The van der Waals surface area contributed by atoms with Crippen LogP contribution in [0.1, 0.15) is 30.9 Å². The Morgan fingerprint density at radius 2 is 1.90 bits per heavy atom. The number of aryl methyl sites for hydroxylation is 2. The van der Waals surface area contributed by atoms with Gasteiger partial charge in [-0.1, -0.05) is 5.16 Å². The molecule has 0 saturated carbocycles. The smallest absolute Gasteiger partial charge is 0.293 e. The van der Waals surface area contributed by atoms with Gasteiger partial charge in [0, 0.05) is 50.4 Å². The van der Waals surface area contributed by atoms with E-state index in [-0.39, 0.29) is 16.6 Å². The molecule has 0 radical (unpaired) electrons. The number of aromatic nitrogens is 1. The van der Waals surface area contributed by atoms with E-state index < -0.39 is 14.9 Å². The predicted molar refractivity (Wildman–Crippen MR) is 112 cm³/mol. The third-order valence-electron chi connectivity index (χ3n) is 5.12. The zero-order chi connectivity index (χ0) is 22.1. The molecule has 0 unspecified atom stereocenters. The Bertz CT molecular complexity index is 1010. The number of nitrogens with zero attached hydrogens (tertiary/aromatic N) is 4. The third-order valence-corrected chi connectivity index (χ3v) is 6.78. The Balaban J connectivity index is 1.76. The van der Waals surface area contributed by atoms with E-state index in [2.05, 4.69) is 14.8 Å². The Kier molecular flexibility index (Phi) is 6.44. The van der Waals surface area contributed by atoms with Crippen LogP contribution in [0.5, 0.6) is 0 Å². The van der Waals surface area contributed by atoms with E-state index in [0.29, 0.717) is 18.8 Å². The molecule has 164 valence electrons. The van der Waals surface area contributed by atoms with E-state index in [1.807, 2.05) is 18.7 Å². The molecule has 2 heterocycles. The van der Waals surface area contributed by atoms with Crippen LogP contribution in [-0.2, 0) is 16.6 Å². The van der Waals surface area contributed by atoms with Crippen molar-refractivity contribution < 1.29 is 17.9 Å². The third kappa shape index (κ3) is 4.79. The van der Waals surface area contributed by atoms with E-state index in [1.54, 1.807) is 13.8 Å². The highest BCUT2D eigenvalue weighted by atomic mass is 32.2. The molecule has 0 aliphatic carbocycles. The number of piperazine rings is 1. The first-order valence-electron chi connectivity index (χ1n) is 9.78. The highest BCUT2D eigenvalue weighted by Crippen LogP contribution is 2.32. The zero-order valence-electron chi connectivity index (χ0n) is 17.6. The van der Waals surface area contributed by atoms with Gasteiger partial charge in [0.05, 0.1) is 15.5 Å². The number of nitrogens with one attached hydrogen (secondary N) is 1. The Morgan fingerprint density at radius 3 is 2.43 bits per heavy atom. The second-order valence-electron chi connectivity index (χ2n) is 7.75. The summed E-state index contributed by atoms with van der Waals surface area (Å²) in [6, 6.07) is 3.77. The summed E-state index contributed by atoms with van der Waals surface area (Å²) in [5, 5.41) is 15.6. The van der Waals surface area contributed by atoms with Crippen LogP contribution in [0.15, 0.2) is 27.6 Å². The average molecular weight is 438 g/mol. The molecular formula is C19H27N5O5S. The van der Waals surface area contributed by atoms with Crippen molar-refractivity contribution in [2.45, 2.75) is 45.2 Å².